The predicted molar refractivity (Wildman–Crippen MR) is 80.9 cm³/mol. The van der Waals surface area contributed by atoms with Gasteiger partial charge in [-0.15, -0.1) is 0 Å². The Morgan fingerprint density at radius 3 is 2.70 bits per heavy atom. The summed E-state index contributed by atoms with van der Waals surface area (Å²) in [6, 6.07) is 12.3. The van der Waals surface area contributed by atoms with Crippen LogP contribution in [0.4, 0.5) is 0 Å². The van der Waals surface area contributed by atoms with Crippen LogP contribution in [0.2, 0.25) is 0 Å². The van der Waals surface area contributed by atoms with E-state index in [4.69, 9.17) is 4.74 Å². The largest absolute Gasteiger partial charge is 0.494 e. The number of aryl methyl sites for hydroxylation is 1. The van der Waals surface area contributed by atoms with E-state index >= 15 is 0 Å². The predicted octanol–water partition coefficient (Wildman–Crippen LogP) is 3.02. The molecular weight excluding hydrogens is 250 g/mol. The van der Waals surface area contributed by atoms with E-state index in [0.29, 0.717) is 6.61 Å². The Hall–Kier alpha value is -1.81. The molecule has 0 radical (unpaired) electrons. The molecule has 0 saturated heterocycles. The van der Waals surface area contributed by atoms with Gasteiger partial charge in [0.15, 0.2) is 0 Å². The second-order valence-corrected chi connectivity index (χ2v) is 4.63. The molecule has 4 heteroatoms. The highest BCUT2D eigenvalue weighted by Crippen LogP contribution is 2.17. The standard InChI is InChI=1S/C16H23N3O/c1-3-17-15(16-10-12-18-19(16)4-2)11-13-20-14-8-6-5-7-9-14/h5-10,12,15,17H,3-4,11,13H2,1-2H3. The molecule has 4 nitrogen and oxygen atoms in total. The molecule has 1 unspecified atom stereocenters. The summed E-state index contributed by atoms with van der Waals surface area (Å²) in [6.45, 7) is 6.75. The summed E-state index contributed by atoms with van der Waals surface area (Å²) in [5, 5.41) is 7.85. The maximum atomic E-state index is 5.78. The summed E-state index contributed by atoms with van der Waals surface area (Å²) in [6.07, 6.45) is 2.79. The van der Waals surface area contributed by atoms with Crippen LogP contribution in [0.5, 0.6) is 5.75 Å². The summed E-state index contributed by atoms with van der Waals surface area (Å²) in [5.41, 5.74) is 1.23. The normalized spacial score (nSPS) is 12.3. The molecule has 0 fully saturated rings. The smallest absolute Gasteiger partial charge is 0.119 e. The molecule has 0 aliphatic rings. The van der Waals surface area contributed by atoms with Crippen LogP contribution in [0.15, 0.2) is 42.6 Å². The van der Waals surface area contributed by atoms with Gasteiger partial charge in [-0.05, 0) is 31.7 Å². The van der Waals surface area contributed by atoms with Crippen molar-refractivity contribution < 1.29 is 4.74 Å². The van der Waals surface area contributed by atoms with E-state index in [1.165, 1.54) is 5.69 Å². The number of para-hydroxylation sites is 1. The number of hydrogen-bond acceptors (Lipinski definition) is 3. The number of benzene rings is 1. The molecule has 2 rings (SSSR count). The number of nitrogens with zero attached hydrogens (tertiary/aromatic N) is 2. The van der Waals surface area contributed by atoms with Crippen molar-refractivity contribution in [2.24, 2.45) is 0 Å². The minimum atomic E-state index is 0.283. The molecule has 108 valence electrons. The van der Waals surface area contributed by atoms with Gasteiger partial charge in [-0.25, -0.2) is 0 Å². The Balaban J connectivity index is 1.93. The lowest BCUT2D eigenvalue weighted by Crippen LogP contribution is -2.25. The van der Waals surface area contributed by atoms with Crippen LogP contribution < -0.4 is 10.1 Å². The van der Waals surface area contributed by atoms with Crippen LogP contribution >= 0.6 is 0 Å². The van der Waals surface area contributed by atoms with E-state index < -0.39 is 0 Å². The lowest BCUT2D eigenvalue weighted by molar-refractivity contribution is 0.283. The van der Waals surface area contributed by atoms with E-state index in [1.807, 2.05) is 41.2 Å². The number of nitrogens with one attached hydrogen (secondary N) is 1. The van der Waals surface area contributed by atoms with Crippen LogP contribution in [-0.4, -0.2) is 22.9 Å². The fourth-order valence-electron chi connectivity index (χ4n) is 2.32. The minimum absolute atomic E-state index is 0.283. The zero-order chi connectivity index (χ0) is 14.2. The maximum Gasteiger partial charge on any atom is 0.119 e. The van der Waals surface area contributed by atoms with Crippen LogP contribution in [-0.2, 0) is 6.54 Å². The van der Waals surface area contributed by atoms with Crippen LogP contribution in [0.3, 0.4) is 0 Å². The first-order chi connectivity index (χ1) is 9.85. The van der Waals surface area contributed by atoms with Gasteiger partial charge in [0.25, 0.3) is 0 Å². The van der Waals surface area contributed by atoms with Gasteiger partial charge < -0.3 is 10.1 Å². The topological polar surface area (TPSA) is 39.1 Å². The van der Waals surface area contributed by atoms with Gasteiger partial charge in [-0.1, -0.05) is 25.1 Å². The molecular formula is C16H23N3O. The summed E-state index contributed by atoms with van der Waals surface area (Å²) in [4.78, 5) is 0. The molecule has 0 bridgehead atoms. The van der Waals surface area contributed by atoms with Gasteiger partial charge in [0.05, 0.1) is 18.3 Å². The number of rotatable bonds is 8. The van der Waals surface area contributed by atoms with Crippen molar-refractivity contribution in [3.05, 3.63) is 48.3 Å². The lowest BCUT2D eigenvalue weighted by Gasteiger charge is -2.19. The fourth-order valence-corrected chi connectivity index (χ4v) is 2.32. The average Bonchev–Trinajstić information content (AvgIpc) is 2.96. The summed E-state index contributed by atoms with van der Waals surface area (Å²) in [7, 11) is 0. The number of hydrogen-bond donors (Lipinski definition) is 1. The summed E-state index contributed by atoms with van der Waals surface area (Å²) >= 11 is 0. The second-order valence-electron chi connectivity index (χ2n) is 4.63. The molecule has 0 aliphatic heterocycles. The van der Waals surface area contributed by atoms with Crippen LogP contribution in [0, 0.1) is 0 Å². The molecule has 0 amide bonds. The first-order valence-corrected chi connectivity index (χ1v) is 7.28. The van der Waals surface area contributed by atoms with Gasteiger partial charge in [0.2, 0.25) is 0 Å². The SMILES string of the molecule is CCNC(CCOc1ccccc1)c1ccnn1CC. The molecule has 2 aromatic rings. The Kier molecular flexibility index (Phi) is 5.62. The molecule has 1 aromatic carbocycles. The highest BCUT2D eigenvalue weighted by Gasteiger charge is 2.14. The van der Waals surface area contributed by atoms with Crippen molar-refractivity contribution in [1.82, 2.24) is 15.1 Å². The highest BCUT2D eigenvalue weighted by molar-refractivity contribution is 5.20. The van der Waals surface area contributed by atoms with Crippen molar-refractivity contribution in [3.8, 4) is 5.75 Å². The van der Waals surface area contributed by atoms with E-state index in [9.17, 15) is 0 Å². The fraction of sp³-hybridized carbons (Fsp3) is 0.438. The van der Waals surface area contributed by atoms with E-state index in [-0.39, 0.29) is 6.04 Å². The van der Waals surface area contributed by atoms with Gasteiger partial charge in [0, 0.05) is 19.2 Å². The third kappa shape index (κ3) is 3.84. The van der Waals surface area contributed by atoms with Gasteiger partial charge in [-0.2, -0.15) is 5.10 Å². The second kappa shape index (κ2) is 7.70. The minimum Gasteiger partial charge on any atom is -0.494 e. The first-order valence-electron chi connectivity index (χ1n) is 7.28. The van der Waals surface area contributed by atoms with Gasteiger partial charge in [-0.3, -0.25) is 4.68 Å². The zero-order valence-electron chi connectivity index (χ0n) is 12.2. The van der Waals surface area contributed by atoms with Crippen molar-refractivity contribution in [1.29, 1.82) is 0 Å². The molecule has 20 heavy (non-hydrogen) atoms. The Morgan fingerprint density at radius 2 is 2.00 bits per heavy atom. The van der Waals surface area contributed by atoms with E-state index in [1.54, 1.807) is 0 Å². The zero-order valence-corrected chi connectivity index (χ0v) is 12.2. The Morgan fingerprint density at radius 1 is 1.20 bits per heavy atom. The van der Waals surface area contributed by atoms with Crippen molar-refractivity contribution >= 4 is 0 Å². The third-order valence-corrected chi connectivity index (χ3v) is 3.27. The molecule has 1 atom stereocenters. The third-order valence-electron chi connectivity index (χ3n) is 3.27. The number of ether oxygens (including phenoxy) is 1. The average molecular weight is 273 g/mol. The van der Waals surface area contributed by atoms with E-state index in [2.05, 4.69) is 30.3 Å². The van der Waals surface area contributed by atoms with Crippen LogP contribution in [0.1, 0.15) is 32.0 Å². The molecule has 0 aliphatic carbocycles. The molecule has 0 saturated carbocycles. The van der Waals surface area contributed by atoms with Crippen LogP contribution in [0.25, 0.3) is 0 Å². The quantitative estimate of drug-likeness (QED) is 0.803. The van der Waals surface area contributed by atoms with Crippen molar-refractivity contribution in [2.45, 2.75) is 32.9 Å². The maximum absolute atomic E-state index is 5.78. The highest BCUT2D eigenvalue weighted by atomic mass is 16.5. The van der Waals surface area contributed by atoms with Crippen molar-refractivity contribution in [2.75, 3.05) is 13.2 Å². The number of aromatic nitrogens is 2. The van der Waals surface area contributed by atoms with E-state index in [0.717, 1.165) is 25.3 Å². The lowest BCUT2D eigenvalue weighted by atomic mass is 10.1. The molecule has 1 aromatic heterocycles. The van der Waals surface area contributed by atoms with Gasteiger partial charge >= 0.3 is 0 Å². The first kappa shape index (κ1) is 14.6. The molecule has 1 heterocycles. The summed E-state index contributed by atoms with van der Waals surface area (Å²) < 4.78 is 7.82. The van der Waals surface area contributed by atoms with Gasteiger partial charge in [0.1, 0.15) is 5.75 Å². The van der Waals surface area contributed by atoms with Crippen molar-refractivity contribution in [3.63, 3.8) is 0 Å². The molecule has 0 spiro atoms. The summed E-state index contributed by atoms with van der Waals surface area (Å²) in [5.74, 6) is 0.923. The Labute approximate surface area is 120 Å². The Bertz CT molecular complexity index is 495. The monoisotopic (exact) mass is 273 g/mol. The molecule has 1 N–H and O–H groups in total.